The first-order valence-corrected chi connectivity index (χ1v) is 6.17. The van der Waals surface area contributed by atoms with Gasteiger partial charge in [-0.05, 0) is 0 Å². The molecule has 2 rings (SSSR count). The smallest absolute Gasteiger partial charge is 0.375 e. The van der Waals surface area contributed by atoms with E-state index >= 15 is 0 Å². The van der Waals surface area contributed by atoms with Gasteiger partial charge in [-0.25, -0.2) is 0 Å². The Hall–Kier alpha value is -0.0751. The molecule has 2 aliphatic heterocycles. The fraction of sp³-hybridized carbons (Fsp3) is 1.00. The minimum atomic E-state index is -2.15. The highest BCUT2D eigenvalue weighted by atomic mass is 31.1. The van der Waals surface area contributed by atoms with Crippen molar-refractivity contribution in [3.05, 3.63) is 0 Å². The number of hydrogen-bond donors (Lipinski definition) is 0. The third-order valence-corrected chi connectivity index (χ3v) is 3.72. The third kappa shape index (κ3) is 1.94. The summed E-state index contributed by atoms with van der Waals surface area (Å²) in [5.74, 6) is 0. The molecular formula is C8H14BNO6P+. The number of likely N-dealkylation sites (N-methyl/N-ethyl adjacent to an activating group) is 1. The van der Waals surface area contributed by atoms with Crippen LogP contribution in [0.15, 0.2) is 0 Å². The van der Waals surface area contributed by atoms with E-state index in [9.17, 15) is 4.57 Å². The highest BCUT2D eigenvalue weighted by Gasteiger charge is 2.67. The van der Waals surface area contributed by atoms with E-state index in [1.54, 1.807) is 7.05 Å². The molecule has 0 aliphatic carbocycles. The highest BCUT2D eigenvalue weighted by molar-refractivity contribution is 7.33. The van der Waals surface area contributed by atoms with Crippen LogP contribution in [-0.4, -0.2) is 64.7 Å². The average Bonchev–Trinajstić information content (AvgIpc) is 2.54. The lowest BCUT2D eigenvalue weighted by atomic mass is 9.87. The second-order valence-corrected chi connectivity index (χ2v) is 4.84. The van der Waals surface area contributed by atoms with E-state index in [1.807, 2.05) is 0 Å². The third-order valence-electron chi connectivity index (χ3n) is 3.06. The largest absolute Gasteiger partial charge is 0.697 e. The molecule has 2 saturated heterocycles. The van der Waals surface area contributed by atoms with Gasteiger partial charge in [0.1, 0.15) is 26.7 Å². The predicted octanol–water partition coefficient (Wildman–Crippen LogP) is -0.212. The second kappa shape index (κ2) is 4.89. The summed E-state index contributed by atoms with van der Waals surface area (Å²) in [6.07, 6.45) is -0.869. The van der Waals surface area contributed by atoms with Crippen LogP contribution >= 0.6 is 8.25 Å². The van der Waals surface area contributed by atoms with Crippen molar-refractivity contribution in [3.8, 4) is 0 Å². The molecule has 0 aromatic rings. The number of hydrogen-bond acceptors (Lipinski definition) is 7. The molecule has 0 saturated carbocycles. The number of nitrogens with zero attached hydrogens (tertiary/aromatic N) is 1. The maximum absolute atomic E-state index is 11.1. The van der Waals surface area contributed by atoms with Crippen LogP contribution in [0.3, 0.4) is 0 Å². The van der Waals surface area contributed by atoms with Crippen molar-refractivity contribution in [2.75, 3.05) is 27.9 Å². The summed E-state index contributed by atoms with van der Waals surface area (Å²) in [7, 11) is 8.16. The maximum Gasteiger partial charge on any atom is 0.697 e. The van der Waals surface area contributed by atoms with Crippen molar-refractivity contribution in [1.29, 1.82) is 0 Å². The molecule has 2 aliphatic rings. The van der Waals surface area contributed by atoms with E-state index < -0.39 is 26.1 Å². The van der Waals surface area contributed by atoms with Gasteiger partial charge in [-0.1, -0.05) is 0 Å². The summed E-state index contributed by atoms with van der Waals surface area (Å²) < 4.78 is 31.5. The van der Waals surface area contributed by atoms with Gasteiger partial charge < -0.3 is 9.47 Å². The molecule has 94 valence electrons. The van der Waals surface area contributed by atoms with Gasteiger partial charge in [0.2, 0.25) is 5.72 Å². The van der Waals surface area contributed by atoms with Gasteiger partial charge in [0.15, 0.2) is 0 Å². The highest BCUT2D eigenvalue weighted by Crippen LogP contribution is 2.46. The first-order valence-electron chi connectivity index (χ1n) is 5.07. The van der Waals surface area contributed by atoms with Crippen LogP contribution < -0.4 is 0 Å². The SMILES string of the molecule is [B]C1OC(CO[P+](=O)OC)C2(OC)C1ON2C. The number of hydroxylamine groups is 2. The fourth-order valence-corrected chi connectivity index (χ4v) is 2.58. The van der Waals surface area contributed by atoms with Gasteiger partial charge in [-0.3, -0.25) is 4.84 Å². The van der Waals surface area contributed by atoms with E-state index in [2.05, 4.69) is 4.52 Å². The van der Waals surface area contributed by atoms with Crippen molar-refractivity contribution in [1.82, 2.24) is 5.06 Å². The van der Waals surface area contributed by atoms with E-state index in [0.717, 1.165) is 0 Å². The molecule has 7 nitrogen and oxygen atoms in total. The fourth-order valence-electron chi connectivity index (χ4n) is 2.21. The Kier molecular flexibility index (Phi) is 3.85. The van der Waals surface area contributed by atoms with E-state index in [1.165, 1.54) is 19.3 Å². The number of rotatable bonds is 5. The summed E-state index contributed by atoms with van der Waals surface area (Å²) in [5.41, 5.74) is -0.788. The lowest BCUT2D eigenvalue weighted by molar-refractivity contribution is -0.439. The Morgan fingerprint density at radius 1 is 1.53 bits per heavy atom. The lowest BCUT2D eigenvalue weighted by Gasteiger charge is -2.52. The van der Waals surface area contributed by atoms with Crippen LogP contribution in [0, 0.1) is 0 Å². The minimum Gasteiger partial charge on any atom is -0.375 e. The average molecular weight is 262 g/mol. The van der Waals surface area contributed by atoms with Crippen LogP contribution in [0.1, 0.15) is 0 Å². The molecule has 2 radical (unpaired) electrons. The Morgan fingerprint density at radius 2 is 2.24 bits per heavy atom. The van der Waals surface area contributed by atoms with Crippen molar-refractivity contribution < 1.29 is 27.9 Å². The molecule has 5 atom stereocenters. The zero-order chi connectivity index (χ0) is 12.6. The minimum absolute atomic E-state index is 0.0504. The summed E-state index contributed by atoms with van der Waals surface area (Å²) in [6, 6.07) is -0.597. The van der Waals surface area contributed by atoms with Crippen molar-refractivity contribution in [2.45, 2.75) is 23.9 Å². The van der Waals surface area contributed by atoms with E-state index in [0.29, 0.717) is 0 Å². The Morgan fingerprint density at radius 3 is 2.76 bits per heavy atom. The first kappa shape index (κ1) is 13.4. The normalized spacial score (nSPS) is 42.1. The molecule has 0 N–H and O–H groups in total. The van der Waals surface area contributed by atoms with Gasteiger partial charge in [0.25, 0.3) is 0 Å². The molecule has 0 bridgehead atoms. The monoisotopic (exact) mass is 262 g/mol. The number of fused-ring (bicyclic) bond motifs is 1. The quantitative estimate of drug-likeness (QED) is 0.501. The molecule has 17 heavy (non-hydrogen) atoms. The first-order chi connectivity index (χ1) is 8.06. The van der Waals surface area contributed by atoms with Gasteiger partial charge in [0.05, 0.1) is 7.11 Å². The molecular weight excluding hydrogens is 248 g/mol. The molecule has 0 amide bonds. The van der Waals surface area contributed by atoms with Crippen molar-refractivity contribution in [3.63, 3.8) is 0 Å². The molecule has 0 aromatic heterocycles. The molecule has 9 heteroatoms. The lowest BCUT2D eigenvalue weighted by Crippen LogP contribution is -2.72. The van der Waals surface area contributed by atoms with Crippen LogP contribution in [0.2, 0.25) is 0 Å². The zero-order valence-electron chi connectivity index (χ0n) is 9.86. The second-order valence-electron chi connectivity index (χ2n) is 3.77. The predicted molar refractivity (Wildman–Crippen MR) is 57.4 cm³/mol. The zero-order valence-corrected chi connectivity index (χ0v) is 10.8. The summed E-state index contributed by atoms with van der Waals surface area (Å²) >= 11 is 0. The van der Waals surface area contributed by atoms with Gasteiger partial charge >= 0.3 is 8.25 Å². The molecule has 2 heterocycles. The van der Waals surface area contributed by atoms with Crippen LogP contribution in [-0.2, 0) is 27.9 Å². The number of ether oxygens (including phenoxy) is 2. The summed E-state index contributed by atoms with van der Waals surface area (Å²) in [6.45, 7) is 0.0504. The molecule has 2 fully saturated rings. The standard InChI is InChI=1S/C8H14BNO6P/c1-10-8(12-2)5(4-14-17(11)13-3)15-7(9)6(8)16-10/h5-7H,4H2,1-3H3/q+1. The van der Waals surface area contributed by atoms with Crippen molar-refractivity contribution >= 4 is 16.1 Å². The van der Waals surface area contributed by atoms with Gasteiger partial charge in [-0.15, -0.1) is 9.05 Å². The Labute approximate surface area is 102 Å². The van der Waals surface area contributed by atoms with E-state index in [4.69, 9.17) is 26.7 Å². The maximum atomic E-state index is 11.1. The number of methoxy groups -OCH3 is 1. The van der Waals surface area contributed by atoms with Crippen LogP contribution in [0.4, 0.5) is 0 Å². The Balaban J connectivity index is 2.04. The molecule has 0 aromatic carbocycles. The van der Waals surface area contributed by atoms with E-state index in [-0.39, 0.29) is 12.7 Å². The Bertz CT molecular complexity index is 320. The van der Waals surface area contributed by atoms with Crippen molar-refractivity contribution in [2.24, 2.45) is 0 Å². The summed E-state index contributed by atoms with van der Waals surface area (Å²) in [4.78, 5) is 5.33. The van der Waals surface area contributed by atoms with Crippen LogP contribution in [0.5, 0.6) is 0 Å². The topological polar surface area (TPSA) is 66.5 Å². The van der Waals surface area contributed by atoms with Gasteiger partial charge in [-0.2, -0.15) is 5.06 Å². The summed E-state index contributed by atoms with van der Waals surface area (Å²) in [5, 5.41) is 1.53. The molecule has 5 unspecified atom stereocenters. The molecule has 0 spiro atoms. The van der Waals surface area contributed by atoms with Gasteiger partial charge in [0, 0.05) is 24.7 Å². The van der Waals surface area contributed by atoms with Crippen LogP contribution in [0.25, 0.3) is 0 Å².